The topological polar surface area (TPSA) is 21.3 Å². The van der Waals surface area contributed by atoms with E-state index in [9.17, 15) is 13.2 Å². The number of nitrogens with one attached hydrogen (secondary N) is 1. The smallest absolute Gasteiger partial charge is 0.367 e. The Morgan fingerprint density at radius 2 is 1.76 bits per heavy atom. The fourth-order valence-corrected chi connectivity index (χ4v) is 2.06. The van der Waals surface area contributed by atoms with Crippen molar-refractivity contribution in [3.63, 3.8) is 0 Å². The van der Waals surface area contributed by atoms with E-state index in [1.54, 1.807) is 0 Å². The van der Waals surface area contributed by atoms with E-state index < -0.39 is 12.3 Å². The van der Waals surface area contributed by atoms with E-state index in [0.29, 0.717) is 6.54 Å². The lowest BCUT2D eigenvalue weighted by molar-refractivity contribution is -0.215. The summed E-state index contributed by atoms with van der Waals surface area (Å²) in [6.07, 6.45) is -3.99. The highest BCUT2D eigenvalue weighted by atomic mass is 19.4. The van der Waals surface area contributed by atoms with E-state index in [0.717, 1.165) is 25.3 Å². The van der Waals surface area contributed by atoms with Gasteiger partial charge in [-0.15, -0.1) is 0 Å². The van der Waals surface area contributed by atoms with Crippen molar-refractivity contribution in [2.45, 2.75) is 51.9 Å². The summed E-state index contributed by atoms with van der Waals surface area (Å²) in [4.78, 5) is 0. The summed E-state index contributed by atoms with van der Waals surface area (Å²) in [6.45, 7) is 5.74. The quantitative estimate of drug-likeness (QED) is 0.775. The number of aryl methyl sites for hydroxylation is 1. The molecule has 21 heavy (non-hydrogen) atoms. The molecule has 0 radical (unpaired) electrons. The highest BCUT2D eigenvalue weighted by Crippen LogP contribution is 2.24. The van der Waals surface area contributed by atoms with Crippen LogP contribution in [-0.2, 0) is 11.2 Å². The third-order valence-corrected chi connectivity index (χ3v) is 3.35. The molecule has 0 saturated carbocycles. The molecule has 0 aromatic heterocycles. The van der Waals surface area contributed by atoms with Gasteiger partial charge in [-0.3, -0.25) is 0 Å². The molecule has 1 N–H and O–H groups in total. The zero-order valence-corrected chi connectivity index (χ0v) is 12.8. The van der Waals surface area contributed by atoms with Crippen molar-refractivity contribution in [3.05, 3.63) is 35.4 Å². The monoisotopic (exact) mass is 303 g/mol. The van der Waals surface area contributed by atoms with Crippen LogP contribution >= 0.6 is 0 Å². The third kappa shape index (κ3) is 6.06. The summed E-state index contributed by atoms with van der Waals surface area (Å²) in [5.41, 5.74) is 2.19. The number of hydrogen-bond acceptors (Lipinski definition) is 2. The molecule has 2 atom stereocenters. The van der Waals surface area contributed by atoms with Gasteiger partial charge in [-0.25, -0.2) is 0 Å². The number of halogens is 3. The van der Waals surface area contributed by atoms with Crippen molar-refractivity contribution in [2.75, 3.05) is 13.2 Å². The molecule has 0 saturated heterocycles. The first kappa shape index (κ1) is 18.0. The Morgan fingerprint density at radius 3 is 2.24 bits per heavy atom. The number of ether oxygens (including phenoxy) is 1. The molecule has 2 nitrogen and oxygen atoms in total. The van der Waals surface area contributed by atoms with E-state index in [1.807, 2.05) is 31.2 Å². The molecule has 0 bridgehead atoms. The molecule has 1 rings (SSSR count). The van der Waals surface area contributed by atoms with Crippen LogP contribution in [0.5, 0.6) is 0 Å². The minimum Gasteiger partial charge on any atom is -0.367 e. The molecule has 0 aliphatic rings. The maximum atomic E-state index is 12.5. The molecule has 0 amide bonds. The maximum absolute atomic E-state index is 12.5. The lowest BCUT2D eigenvalue weighted by Crippen LogP contribution is -2.33. The van der Waals surface area contributed by atoms with Crippen LogP contribution in [-0.4, -0.2) is 25.4 Å². The van der Waals surface area contributed by atoms with Crippen LogP contribution in [0.1, 0.15) is 44.4 Å². The normalized spacial score (nSPS) is 15.0. The van der Waals surface area contributed by atoms with Crippen molar-refractivity contribution in [2.24, 2.45) is 0 Å². The first-order chi connectivity index (χ1) is 9.88. The first-order valence-electron chi connectivity index (χ1n) is 7.39. The molecule has 0 heterocycles. The summed E-state index contributed by atoms with van der Waals surface area (Å²) < 4.78 is 42.4. The molecule has 1 aromatic rings. The van der Waals surface area contributed by atoms with Crippen molar-refractivity contribution in [1.82, 2.24) is 5.32 Å². The lowest BCUT2D eigenvalue weighted by Gasteiger charge is -2.22. The summed E-state index contributed by atoms with van der Waals surface area (Å²) in [5.74, 6) is 0. The molecule has 2 unspecified atom stereocenters. The molecule has 0 spiro atoms. The Labute approximate surface area is 124 Å². The Balaban J connectivity index is 2.68. The number of likely N-dealkylation sites (N-methyl/N-ethyl adjacent to an activating group) is 1. The Morgan fingerprint density at radius 1 is 1.14 bits per heavy atom. The minimum atomic E-state index is -4.32. The predicted octanol–water partition coefficient (Wildman–Crippen LogP) is 4.26. The van der Waals surface area contributed by atoms with Crippen molar-refractivity contribution in [1.29, 1.82) is 0 Å². The molecule has 0 aliphatic heterocycles. The molecule has 1 aromatic carbocycles. The van der Waals surface area contributed by atoms with Crippen molar-refractivity contribution in [3.8, 4) is 0 Å². The van der Waals surface area contributed by atoms with Gasteiger partial charge in [0.2, 0.25) is 0 Å². The van der Waals surface area contributed by atoms with Crippen LogP contribution in [0.25, 0.3) is 0 Å². The van der Waals surface area contributed by atoms with Gasteiger partial charge in [-0.05, 0) is 31.0 Å². The molecule has 0 aliphatic carbocycles. The molecular formula is C16H24F3NO. The van der Waals surface area contributed by atoms with Crippen LogP contribution in [0.2, 0.25) is 0 Å². The van der Waals surface area contributed by atoms with E-state index in [1.165, 1.54) is 5.56 Å². The van der Waals surface area contributed by atoms with Gasteiger partial charge in [0.25, 0.3) is 0 Å². The third-order valence-electron chi connectivity index (χ3n) is 3.35. The number of benzene rings is 1. The number of rotatable bonds is 8. The second-order valence-electron chi connectivity index (χ2n) is 5.12. The molecule has 120 valence electrons. The van der Waals surface area contributed by atoms with Gasteiger partial charge >= 0.3 is 6.18 Å². The fraction of sp³-hybridized carbons (Fsp3) is 0.625. The predicted molar refractivity (Wildman–Crippen MR) is 78.3 cm³/mol. The highest BCUT2D eigenvalue weighted by molar-refractivity contribution is 5.25. The van der Waals surface area contributed by atoms with Crippen LogP contribution in [0.15, 0.2) is 24.3 Å². The van der Waals surface area contributed by atoms with Gasteiger partial charge in [-0.2, -0.15) is 13.2 Å². The maximum Gasteiger partial charge on any atom is 0.414 e. The summed E-state index contributed by atoms with van der Waals surface area (Å²) >= 11 is 0. The van der Waals surface area contributed by atoms with Crippen LogP contribution in [0, 0.1) is 0 Å². The zero-order valence-electron chi connectivity index (χ0n) is 12.8. The van der Waals surface area contributed by atoms with Crippen LogP contribution < -0.4 is 5.32 Å². The van der Waals surface area contributed by atoms with Gasteiger partial charge in [0.05, 0.1) is 12.6 Å². The van der Waals surface area contributed by atoms with Crippen molar-refractivity contribution < 1.29 is 17.9 Å². The van der Waals surface area contributed by atoms with Crippen molar-refractivity contribution >= 4 is 0 Å². The van der Waals surface area contributed by atoms with Gasteiger partial charge in [0.1, 0.15) is 0 Å². The SMILES string of the molecule is CCCc1ccc(C(COC(C)C(F)(F)F)NCC)cc1. The van der Waals surface area contributed by atoms with E-state index in [4.69, 9.17) is 4.74 Å². The summed E-state index contributed by atoms with van der Waals surface area (Å²) in [5, 5.41) is 3.16. The van der Waals surface area contributed by atoms with E-state index in [2.05, 4.69) is 12.2 Å². The van der Waals surface area contributed by atoms with Gasteiger partial charge in [-0.1, -0.05) is 44.5 Å². The average molecular weight is 303 g/mol. The second kappa shape index (κ2) is 8.39. The lowest BCUT2D eigenvalue weighted by atomic mass is 10.0. The molecular weight excluding hydrogens is 279 g/mol. The summed E-state index contributed by atoms with van der Waals surface area (Å²) in [6, 6.07) is 7.74. The molecule has 5 heteroatoms. The first-order valence-corrected chi connectivity index (χ1v) is 7.39. The largest absolute Gasteiger partial charge is 0.414 e. The highest BCUT2D eigenvalue weighted by Gasteiger charge is 2.37. The number of alkyl halides is 3. The van der Waals surface area contributed by atoms with E-state index >= 15 is 0 Å². The average Bonchev–Trinajstić information content (AvgIpc) is 2.43. The van der Waals surface area contributed by atoms with Gasteiger partial charge in [0.15, 0.2) is 6.10 Å². The van der Waals surface area contributed by atoms with Crippen LogP contribution in [0.3, 0.4) is 0 Å². The van der Waals surface area contributed by atoms with Crippen LogP contribution in [0.4, 0.5) is 13.2 Å². The zero-order chi connectivity index (χ0) is 15.9. The Bertz CT molecular complexity index is 403. The standard InChI is InChI=1S/C16H24F3NO/c1-4-6-13-7-9-14(10-8-13)15(20-5-2)11-21-12(3)16(17,18)19/h7-10,12,15,20H,4-6,11H2,1-3H3. The second-order valence-corrected chi connectivity index (χ2v) is 5.12. The van der Waals surface area contributed by atoms with E-state index in [-0.39, 0.29) is 12.6 Å². The summed E-state index contributed by atoms with van der Waals surface area (Å²) in [7, 11) is 0. The number of hydrogen-bond donors (Lipinski definition) is 1. The van der Waals surface area contributed by atoms with Gasteiger partial charge < -0.3 is 10.1 Å². The minimum absolute atomic E-state index is 0.00163. The Hall–Kier alpha value is -1.07. The Kier molecular flexibility index (Phi) is 7.18. The molecule has 0 fully saturated rings. The fourth-order valence-electron chi connectivity index (χ4n) is 2.06. The van der Waals surface area contributed by atoms with Gasteiger partial charge in [0, 0.05) is 0 Å².